The lowest BCUT2D eigenvalue weighted by Crippen LogP contribution is -1.97. The number of ether oxygens (including phenoxy) is 2. The number of nitrogens with two attached hydrogens (primary N) is 1. The van der Waals surface area contributed by atoms with Gasteiger partial charge >= 0.3 is 0 Å². The molecule has 0 amide bonds. The largest absolute Gasteiger partial charge is 0.478 e. The molecule has 0 bridgehead atoms. The highest BCUT2D eigenvalue weighted by Crippen LogP contribution is 2.26. The smallest absolute Gasteiger partial charge is 0.226 e. The summed E-state index contributed by atoms with van der Waals surface area (Å²) in [5.41, 5.74) is 6.32. The number of aromatic nitrogens is 2. The van der Waals surface area contributed by atoms with E-state index in [0.29, 0.717) is 29.8 Å². The molecule has 0 saturated carbocycles. The predicted molar refractivity (Wildman–Crippen MR) is 64.1 cm³/mol. The van der Waals surface area contributed by atoms with Crippen LogP contribution in [0.2, 0.25) is 0 Å². The van der Waals surface area contributed by atoms with Crippen molar-refractivity contribution in [3.8, 4) is 17.5 Å². The second-order valence-electron chi connectivity index (χ2n) is 3.27. The molecule has 5 nitrogen and oxygen atoms in total. The van der Waals surface area contributed by atoms with Crippen molar-refractivity contribution in [3.05, 3.63) is 36.7 Å². The Bertz CT molecular complexity index is 503. The molecule has 2 N–H and O–H groups in total. The quantitative estimate of drug-likeness (QED) is 0.817. The molecule has 1 aromatic carbocycles. The second kappa shape index (κ2) is 5.16. The molecule has 17 heavy (non-hydrogen) atoms. The fourth-order valence-electron chi connectivity index (χ4n) is 1.29. The first kappa shape index (κ1) is 11.2. The van der Waals surface area contributed by atoms with Crippen LogP contribution in [0, 0.1) is 0 Å². The fraction of sp³-hybridized carbons (Fsp3) is 0.167. The van der Waals surface area contributed by atoms with Crippen molar-refractivity contribution in [2.45, 2.75) is 6.92 Å². The third-order valence-electron chi connectivity index (χ3n) is 2.04. The van der Waals surface area contributed by atoms with Gasteiger partial charge < -0.3 is 15.2 Å². The monoisotopic (exact) mass is 231 g/mol. The van der Waals surface area contributed by atoms with Gasteiger partial charge in [0.15, 0.2) is 5.75 Å². The van der Waals surface area contributed by atoms with E-state index in [9.17, 15) is 0 Å². The standard InChI is InChI=1S/C12H13N3O2/c1-2-16-11-7-12(15-8-14-11)17-10-6-4-3-5-9(10)13/h3-8H,2,13H2,1H3. The zero-order chi connectivity index (χ0) is 12.1. The van der Waals surface area contributed by atoms with Gasteiger partial charge in [0.05, 0.1) is 18.4 Å². The van der Waals surface area contributed by atoms with Crippen LogP contribution in [-0.4, -0.2) is 16.6 Å². The van der Waals surface area contributed by atoms with E-state index in [0.717, 1.165) is 0 Å². The summed E-state index contributed by atoms with van der Waals surface area (Å²) in [6, 6.07) is 8.85. The Kier molecular flexibility index (Phi) is 3.40. The lowest BCUT2D eigenvalue weighted by molar-refractivity contribution is 0.323. The summed E-state index contributed by atoms with van der Waals surface area (Å²) in [6.07, 6.45) is 1.39. The summed E-state index contributed by atoms with van der Waals surface area (Å²) < 4.78 is 10.8. The maximum atomic E-state index is 5.77. The van der Waals surface area contributed by atoms with Crippen molar-refractivity contribution in [2.75, 3.05) is 12.3 Å². The average Bonchev–Trinajstić information content (AvgIpc) is 2.33. The van der Waals surface area contributed by atoms with Crippen LogP contribution < -0.4 is 15.2 Å². The third-order valence-corrected chi connectivity index (χ3v) is 2.04. The van der Waals surface area contributed by atoms with Crippen LogP contribution >= 0.6 is 0 Å². The van der Waals surface area contributed by atoms with Crippen LogP contribution in [-0.2, 0) is 0 Å². The Labute approximate surface area is 99.2 Å². The number of anilines is 1. The molecule has 0 aliphatic heterocycles. The van der Waals surface area contributed by atoms with E-state index < -0.39 is 0 Å². The van der Waals surface area contributed by atoms with Crippen molar-refractivity contribution >= 4 is 5.69 Å². The first-order valence-electron chi connectivity index (χ1n) is 5.27. The lowest BCUT2D eigenvalue weighted by Gasteiger charge is -2.07. The van der Waals surface area contributed by atoms with E-state index in [1.807, 2.05) is 19.1 Å². The first-order chi connectivity index (χ1) is 8.29. The van der Waals surface area contributed by atoms with E-state index in [-0.39, 0.29) is 0 Å². The minimum atomic E-state index is 0.404. The minimum Gasteiger partial charge on any atom is -0.478 e. The number of rotatable bonds is 4. The number of para-hydroxylation sites is 2. The van der Waals surface area contributed by atoms with Crippen molar-refractivity contribution in [3.63, 3.8) is 0 Å². The van der Waals surface area contributed by atoms with Gasteiger partial charge in [0.25, 0.3) is 0 Å². The van der Waals surface area contributed by atoms with Crippen LogP contribution in [0.4, 0.5) is 5.69 Å². The Morgan fingerprint density at radius 1 is 1.18 bits per heavy atom. The molecule has 0 saturated heterocycles. The van der Waals surface area contributed by atoms with Crippen LogP contribution in [0.1, 0.15) is 6.92 Å². The third kappa shape index (κ3) is 2.84. The van der Waals surface area contributed by atoms with Crippen molar-refractivity contribution in [1.82, 2.24) is 9.97 Å². The highest BCUT2D eigenvalue weighted by atomic mass is 16.5. The van der Waals surface area contributed by atoms with E-state index in [2.05, 4.69) is 9.97 Å². The Hall–Kier alpha value is -2.30. The maximum absolute atomic E-state index is 5.77. The Morgan fingerprint density at radius 2 is 1.94 bits per heavy atom. The molecule has 0 aliphatic rings. The molecule has 2 rings (SSSR count). The highest BCUT2D eigenvalue weighted by Gasteiger charge is 2.04. The van der Waals surface area contributed by atoms with Gasteiger partial charge in [-0.1, -0.05) is 12.1 Å². The molecule has 88 valence electrons. The molecule has 1 aromatic heterocycles. The normalized spacial score (nSPS) is 9.94. The molecular weight excluding hydrogens is 218 g/mol. The summed E-state index contributed by atoms with van der Waals surface area (Å²) in [5, 5.41) is 0. The molecule has 0 unspecified atom stereocenters. The second-order valence-corrected chi connectivity index (χ2v) is 3.27. The molecule has 0 spiro atoms. The van der Waals surface area contributed by atoms with E-state index in [4.69, 9.17) is 15.2 Å². The summed E-state index contributed by atoms with van der Waals surface area (Å²) >= 11 is 0. The number of benzene rings is 1. The summed E-state index contributed by atoms with van der Waals surface area (Å²) in [4.78, 5) is 7.94. The molecule has 0 fully saturated rings. The molecule has 2 aromatic rings. The first-order valence-corrected chi connectivity index (χ1v) is 5.27. The maximum Gasteiger partial charge on any atom is 0.226 e. The van der Waals surface area contributed by atoms with Gasteiger partial charge in [-0.05, 0) is 19.1 Å². The van der Waals surface area contributed by atoms with Crippen LogP contribution in [0.15, 0.2) is 36.7 Å². The summed E-state index contributed by atoms with van der Waals surface area (Å²) in [5.74, 6) is 1.45. The molecule has 0 radical (unpaired) electrons. The average molecular weight is 231 g/mol. The SMILES string of the molecule is CCOc1cc(Oc2ccccc2N)ncn1. The zero-order valence-electron chi connectivity index (χ0n) is 9.46. The van der Waals surface area contributed by atoms with Crippen LogP contribution in [0.3, 0.4) is 0 Å². The minimum absolute atomic E-state index is 0.404. The number of nitrogens with zero attached hydrogens (tertiary/aromatic N) is 2. The number of nitrogen functional groups attached to an aromatic ring is 1. The van der Waals surface area contributed by atoms with Gasteiger partial charge in [-0.3, -0.25) is 0 Å². The van der Waals surface area contributed by atoms with Crippen molar-refractivity contribution < 1.29 is 9.47 Å². The molecule has 0 atom stereocenters. The summed E-state index contributed by atoms with van der Waals surface area (Å²) in [6.45, 7) is 2.43. The Balaban J connectivity index is 2.18. The molecule has 0 aliphatic carbocycles. The van der Waals surface area contributed by atoms with Gasteiger partial charge in [0.1, 0.15) is 6.33 Å². The summed E-state index contributed by atoms with van der Waals surface area (Å²) in [7, 11) is 0. The molecule has 1 heterocycles. The van der Waals surface area contributed by atoms with Gasteiger partial charge in [0.2, 0.25) is 11.8 Å². The van der Waals surface area contributed by atoms with Crippen LogP contribution in [0.5, 0.6) is 17.5 Å². The molecular formula is C12H13N3O2. The fourth-order valence-corrected chi connectivity index (χ4v) is 1.29. The van der Waals surface area contributed by atoms with Crippen molar-refractivity contribution in [2.24, 2.45) is 0 Å². The van der Waals surface area contributed by atoms with E-state index in [1.54, 1.807) is 18.2 Å². The Morgan fingerprint density at radius 3 is 2.71 bits per heavy atom. The predicted octanol–water partition coefficient (Wildman–Crippen LogP) is 2.25. The number of hydrogen-bond donors (Lipinski definition) is 1. The van der Waals surface area contributed by atoms with Crippen LogP contribution in [0.25, 0.3) is 0 Å². The number of hydrogen-bond acceptors (Lipinski definition) is 5. The van der Waals surface area contributed by atoms with Gasteiger partial charge in [-0.15, -0.1) is 0 Å². The van der Waals surface area contributed by atoms with Gasteiger partial charge in [-0.2, -0.15) is 0 Å². The zero-order valence-corrected chi connectivity index (χ0v) is 9.46. The lowest BCUT2D eigenvalue weighted by atomic mass is 10.3. The topological polar surface area (TPSA) is 70.3 Å². The van der Waals surface area contributed by atoms with E-state index in [1.165, 1.54) is 6.33 Å². The highest BCUT2D eigenvalue weighted by molar-refractivity contribution is 5.53. The van der Waals surface area contributed by atoms with Crippen molar-refractivity contribution in [1.29, 1.82) is 0 Å². The van der Waals surface area contributed by atoms with Gasteiger partial charge in [0, 0.05) is 0 Å². The molecule has 5 heteroatoms. The van der Waals surface area contributed by atoms with E-state index >= 15 is 0 Å². The van der Waals surface area contributed by atoms with Gasteiger partial charge in [-0.25, -0.2) is 9.97 Å².